The molecule has 0 bridgehead atoms. The number of nitriles is 1. The van der Waals surface area contributed by atoms with Gasteiger partial charge in [0.15, 0.2) is 0 Å². The summed E-state index contributed by atoms with van der Waals surface area (Å²) in [6.45, 7) is 0. The molecule has 0 saturated heterocycles. The van der Waals surface area contributed by atoms with Crippen molar-refractivity contribution in [3.8, 4) is 23.1 Å². The zero-order valence-corrected chi connectivity index (χ0v) is 12.2. The first-order chi connectivity index (χ1) is 10.2. The number of nitrogens with one attached hydrogen (secondary N) is 1. The van der Waals surface area contributed by atoms with Crippen molar-refractivity contribution >= 4 is 22.5 Å². The smallest absolute Gasteiger partial charge is 0.118 e. The first-order valence-electron chi connectivity index (χ1n) is 6.54. The van der Waals surface area contributed by atoms with Gasteiger partial charge in [-0.3, -0.25) is 0 Å². The van der Waals surface area contributed by atoms with Gasteiger partial charge in [-0.25, -0.2) is 0 Å². The number of hydrogen-bond donors (Lipinski definition) is 1. The van der Waals surface area contributed by atoms with E-state index in [1.54, 1.807) is 7.11 Å². The van der Waals surface area contributed by atoms with Gasteiger partial charge in [-0.15, -0.1) is 0 Å². The number of fused-ring (bicyclic) bond motifs is 1. The molecule has 1 aromatic heterocycles. The maximum Gasteiger partial charge on any atom is 0.118 e. The predicted octanol–water partition coefficient (Wildman–Crippen LogP) is 4.56. The molecule has 3 nitrogen and oxygen atoms in total. The molecule has 0 unspecified atom stereocenters. The number of nitrogens with zero attached hydrogens (tertiary/aromatic N) is 1. The van der Waals surface area contributed by atoms with Gasteiger partial charge in [-0.05, 0) is 53.6 Å². The molecule has 0 spiro atoms. The minimum atomic E-state index is 0.335. The van der Waals surface area contributed by atoms with Crippen LogP contribution in [0.1, 0.15) is 5.56 Å². The van der Waals surface area contributed by atoms with Gasteiger partial charge in [-0.1, -0.05) is 11.6 Å². The van der Waals surface area contributed by atoms with E-state index in [0.717, 1.165) is 33.5 Å². The Kier molecular flexibility index (Phi) is 3.55. The van der Waals surface area contributed by atoms with Gasteiger partial charge in [0, 0.05) is 15.9 Å². The number of hydrogen-bond acceptors (Lipinski definition) is 2. The topological polar surface area (TPSA) is 48.8 Å². The zero-order valence-electron chi connectivity index (χ0n) is 11.5. The lowest BCUT2D eigenvalue weighted by atomic mass is 10.0. The van der Waals surface area contributed by atoms with Crippen molar-refractivity contribution in [1.82, 2.24) is 4.98 Å². The minimum Gasteiger partial charge on any atom is -0.497 e. The molecule has 3 aromatic rings. The van der Waals surface area contributed by atoms with Gasteiger partial charge < -0.3 is 9.72 Å². The third-order valence-electron chi connectivity index (χ3n) is 3.50. The van der Waals surface area contributed by atoms with E-state index in [0.29, 0.717) is 11.4 Å². The number of benzene rings is 2. The fourth-order valence-electron chi connectivity index (χ4n) is 2.49. The number of methoxy groups -OCH3 is 1. The molecule has 2 aromatic carbocycles. The molecule has 0 aliphatic rings. The maximum absolute atomic E-state index is 9.10. The second kappa shape index (κ2) is 5.51. The number of halogens is 1. The van der Waals surface area contributed by atoms with Crippen LogP contribution in [0.3, 0.4) is 0 Å². The number of rotatable bonds is 3. The first kappa shape index (κ1) is 13.5. The van der Waals surface area contributed by atoms with Crippen molar-refractivity contribution in [2.24, 2.45) is 0 Å². The monoisotopic (exact) mass is 296 g/mol. The summed E-state index contributed by atoms with van der Waals surface area (Å²) in [4.78, 5) is 3.38. The van der Waals surface area contributed by atoms with E-state index in [4.69, 9.17) is 21.6 Å². The predicted molar refractivity (Wildman–Crippen MR) is 84.6 cm³/mol. The average molecular weight is 297 g/mol. The fourth-order valence-corrected chi connectivity index (χ4v) is 2.66. The van der Waals surface area contributed by atoms with Gasteiger partial charge in [0.1, 0.15) is 5.75 Å². The number of aromatic nitrogens is 1. The molecule has 21 heavy (non-hydrogen) atoms. The lowest BCUT2D eigenvalue weighted by Gasteiger charge is -2.04. The van der Waals surface area contributed by atoms with E-state index < -0.39 is 0 Å². The van der Waals surface area contributed by atoms with Crippen LogP contribution in [0.5, 0.6) is 5.75 Å². The van der Waals surface area contributed by atoms with Crippen molar-refractivity contribution in [1.29, 1.82) is 5.26 Å². The van der Waals surface area contributed by atoms with Crippen LogP contribution in [0.25, 0.3) is 22.2 Å². The molecule has 1 N–H and O–H groups in total. The Bertz CT molecular complexity index is 828. The molecule has 104 valence electrons. The van der Waals surface area contributed by atoms with Crippen LogP contribution >= 0.6 is 11.6 Å². The van der Waals surface area contributed by atoms with E-state index in [1.807, 2.05) is 42.5 Å². The Balaban J connectivity index is 2.20. The highest BCUT2D eigenvalue weighted by Gasteiger charge is 2.13. The third-order valence-corrected chi connectivity index (χ3v) is 3.74. The highest BCUT2D eigenvalue weighted by atomic mass is 35.5. The molecule has 0 aliphatic heterocycles. The molecule has 0 saturated carbocycles. The lowest BCUT2D eigenvalue weighted by Crippen LogP contribution is -1.87. The summed E-state index contributed by atoms with van der Waals surface area (Å²) in [5, 5.41) is 10.8. The summed E-state index contributed by atoms with van der Waals surface area (Å²) >= 11 is 6.07. The summed E-state index contributed by atoms with van der Waals surface area (Å²) in [7, 11) is 1.64. The molecular formula is C17H13ClN2O. The Labute approximate surface area is 127 Å². The molecule has 0 atom stereocenters. The van der Waals surface area contributed by atoms with E-state index in [9.17, 15) is 0 Å². The van der Waals surface area contributed by atoms with Crippen LogP contribution in [-0.4, -0.2) is 12.1 Å². The van der Waals surface area contributed by atoms with Crippen molar-refractivity contribution in [2.45, 2.75) is 6.42 Å². The lowest BCUT2D eigenvalue weighted by molar-refractivity contribution is 0.415. The summed E-state index contributed by atoms with van der Waals surface area (Å²) in [6, 6.07) is 15.7. The summed E-state index contributed by atoms with van der Waals surface area (Å²) in [5.74, 6) is 0.805. The van der Waals surface area contributed by atoms with E-state index in [1.165, 1.54) is 0 Å². The Morgan fingerprint density at radius 1 is 1.19 bits per heavy atom. The van der Waals surface area contributed by atoms with E-state index in [2.05, 4.69) is 11.1 Å². The highest BCUT2D eigenvalue weighted by molar-refractivity contribution is 6.31. The largest absolute Gasteiger partial charge is 0.497 e. The van der Waals surface area contributed by atoms with Crippen LogP contribution in [0.4, 0.5) is 0 Å². The number of ether oxygens (including phenoxy) is 1. The van der Waals surface area contributed by atoms with Crippen LogP contribution in [0.15, 0.2) is 42.5 Å². The van der Waals surface area contributed by atoms with Gasteiger partial charge >= 0.3 is 0 Å². The van der Waals surface area contributed by atoms with Gasteiger partial charge in [0.25, 0.3) is 0 Å². The third kappa shape index (κ3) is 2.46. The summed E-state index contributed by atoms with van der Waals surface area (Å²) in [6.07, 6.45) is 0.335. The average Bonchev–Trinajstić information content (AvgIpc) is 2.86. The van der Waals surface area contributed by atoms with Crippen molar-refractivity contribution < 1.29 is 4.74 Å². The summed E-state index contributed by atoms with van der Waals surface area (Å²) < 4.78 is 5.18. The fraction of sp³-hybridized carbons (Fsp3) is 0.118. The quantitative estimate of drug-likeness (QED) is 0.770. The standard InChI is InChI=1S/C17H13ClN2O/c1-21-13-5-2-11(3-6-13)17-14(8-9-19)15-10-12(18)4-7-16(15)20-17/h2-7,10,20H,8H2,1H3. The molecule has 0 fully saturated rings. The number of H-pyrrole nitrogens is 1. The molecule has 4 heteroatoms. The van der Waals surface area contributed by atoms with Crippen molar-refractivity contribution in [3.05, 3.63) is 53.1 Å². The summed E-state index contributed by atoms with van der Waals surface area (Å²) in [5.41, 5.74) is 3.93. The van der Waals surface area contributed by atoms with E-state index >= 15 is 0 Å². The molecule has 3 rings (SSSR count). The van der Waals surface area contributed by atoms with Crippen molar-refractivity contribution in [3.63, 3.8) is 0 Å². The molecule has 0 aliphatic carbocycles. The SMILES string of the molecule is COc1ccc(-c2[nH]c3ccc(Cl)cc3c2CC#N)cc1. The first-order valence-corrected chi connectivity index (χ1v) is 6.92. The van der Waals surface area contributed by atoms with Gasteiger partial charge in [0.2, 0.25) is 0 Å². The minimum absolute atomic E-state index is 0.335. The Hall–Kier alpha value is -2.44. The van der Waals surface area contributed by atoms with Crippen LogP contribution in [-0.2, 0) is 6.42 Å². The zero-order chi connectivity index (χ0) is 14.8. The molecule has 0 amide bonds. The Morgan fingerprint density at radius 3 is 2.62 bits per heavy atom. The van der Waals surface area contributed by atoms with E-state index in [-0.39, 0.29) is 0 Å². The molecular weight excluding hydrogens is 284 g/mol. The van der Waals surface area contributed by atoms with Crippen LogP contribution in [0.2, 0.25) is 5.02 Å². The normalized spacial score (nSPS) is 10.5. The Morgan fingerprint density at radius 2 is 1.95 bits per heavy atom. The molecule has 0 radical (unpaired) electrons. The molecule has 1 heterocycles. The van der Waals surface area contributed by atoms with Gasteiger partial charge in [-0.2, -0.15) is 5.26 Å². The second-order valence-corrected chi connectivity index (χ2v) is 5.17. The second-order valence-electron chi connectivity index (χ2n) is 4.73. The van der Waals surface area contributed by atoms with Crippen LogP contribution in [0, 0.1) is 11.3 Å². The van der Waals surface area contributed by atoms with Crippen molar-refractivity contribution in [2.75, 3.05) is 7.11 Å². The highest BCUT2D eigenvalue weighted by Crippen LogP contribution is 2.33. The van der Waals surface area contributed by atoms with Gasteiger partial charge in [0.05, 0.1) is 25.3 Å². The number of aromatic amines is 1. The van der Waals surface area contributed by atoms with Crippen LogP contribution < -0.4 is 4.74 Å². The maximum atomic E-state index is 9.10.